The topological polar surface area (TPSA) is 76.0 Å². The van der Waals surface area contributed by atoms with E-state index in [-0.39, 0.29) is 29.1 Å². The van der Waals surface area contributed by atoms with Crippen molar-refractivity contribution in [1.82, 2.24) is 0 Å². The normalized spacial score (nSPS) is 64.4. The van der Waals surface area contributed by atoms with Crippen LogP contribution < -0.4 is 0 Å². The average Bonchev–Trinajstić information content (AvgIpc) is 2.71. The number of hydrogen-bond acceptors (Lipinski definition) is 5. The summed E-state index contributed by atoms with van der Waals surface area (Å²) in [5.41, 5.74) is -0.874. The third-order valence-corrected chi connectivity index (χ3v) is 9.20. The lowest BCUT2D eigenvalue weighted by molar-refractivity contribution is -0.440. The monoisotopic (exact) mass is 346 g/mol. The van der Waals surface area contributed by atoms with E-state index in [1.807, 2.05) is 0 Å². The van der Waals surface area contributed by atoms with Crippen LogP contribution in [0.3, 0.4) is 0 Å². The van der Waals surface area contributed by atoms with Crippen LogP contribution in [0.25, 0.3) is 0 Å². The molecule has 0 amide bonds. The number of fused-ring (bicyclic) bond motifs is 1. The highest BCUT2D eigenvalue weighted by molar-refractivity contribution is 6.04. The van der Waals surface area contributed by atoms with Crippen molar-refractivity contribution < 1.29 is 24.5 Å². The fourth-order valence-electron chi connectivity index (χ4n) is 8.25. The number of ether oxygens (including phenoxy) is 2. The molecule has 2 spiro atoms. The summed E-state index contributed by atoms with van der Waals surface area (Å²) < 4.78 is 12.5. The minimum absolute atomic E-state index is 0.00572. The second-order valence-corrected chi connectivity index (χ2v) is 9.73. The van der Waals surface area contributed by atoms with E-state index >= 15 is 0 Å². The Morgan fingerprint density at radius 1 is 1.20 bits per heavy atom. The smallest absolute Gasteiger partial charge is 0.170 e. The van der Waals surface area contributed by atoms with E-state index in [4.69, 9.17) is 9.47 Å². The predicted molar refractivity (Wildman–Crippen MR) is 87.3 cm³/mol. The van der Waals surface area contributed by atoms with E-state index in [0.29, 0.717) is 18.1 Å². The molecule has 5 heteroatoms. The summed E-state index contributed by atoms with van der Waals surface area (Å²) in [6, 6.07) is 0. The van der Waals surface area contributed by atoms with Crippen molar-refractivity contribution in [2.24, 2.45) is 34.0 Å². The van der Waals surface area contributed by atoms with Crippen molar-refractivity contribution in [2.75, 3.05) is 6.61 Å². The lowest BCUT2D eigenvalue weighted by Gasteiger charge is -2.75. The van der Waals surface area contributed by atoms with Crippen LogP contribution in [-0.4, -0.2) is 47.2 Å². The molecule has 0 aromatic carbocycles. The first-order valence-corrected chi connectivity index (χ1v) is 9.75. The van der Waals surface area contributed by atoms with E-state index in [2.05, 4.69) is 13.5 Å². The molecule has 3 heterocycles. The van der Waals surface area contributed by atoms with Gasteiger partial charge in [-0.15, -0.1) is 0 Å². The molecule has 25 heavy (non-hydrogen) atoms. The van der Waals surface area contributed by atoms with Gasteiger partial charge >= 0.3 is 0 Å². The standard InChI is InChI=1S/C20H26O5/c1-9-10-3-4-11-19-12-7-14(20(11,15(9)22)16(10)23)25-17(19)24-8-18(12,2)6-5-13(19)21/h10-14,16-17,21,23H,1,3-8H2,2H3/t10-,11?,12-,13+,14-,16-,17-,18+,19?,20+/m1/s1. The van der Waals surface area contributed by atoms with E-state index in [1.54, 1.807) is 0 Å². The number of aliphatic hydroxyl groups excluding tert-OH is 2. The van der Waals surface area contributed by atoms with Gasteiger partial charge in [-0.1, -0.05) is 13.5 Å². The molecule has 7 aliphatic rings. The number of ketones is 1. The fourth-order valence-corrected chi connectivity index (χ4v) is 8.25. The van der Waals surface area contributed by atoms with E-state index in [9.17, 15) is 15.0 Å². The highest BCUT2D eigenvalue weighted by Crippen LogP contribution is 2.77. The SMILES string of the molecule is C=C1C(=O)[C@@]23C(CC[C@H]1[C@H]2O)C12[C@@H]4OC[C@](C)(CC[C@@H]1O)[C@H]2C[C@H]3O4. The minimum atomic E-state index is -0.910. The van der Waals surface area contributed by atoms with Crippen LogP contribution in [0, 0.1) is 34.0 Å². The molecule has 0 radical (unpaired) electrons. The second kappa shape index (κ2) is 4.22. The highest BCUT2D eigenvalue weighted by Gasteiger charge is 2.83. The predicted octanol–water partition coefficient (Wildman–Crippen LogP) is 1.42. The Kier molecular flexibility index (Phi) is 2.58. The summed E-state index contributed by atoms with van der Waals surface area (Å²) in [4.78, 5) is 13.3. The molecule has 4 aliphatic carbocycles. The maximum atomic E-state index is 13.3. The van der Waals surface area contributed by atoms with Gasteiger partial charge in [-0.25, -0.2) is 0 Å². The number of rotatable bonds is 0. The molecule has 3 aliphatic heterocycles. The summed E-state index contributed by atoms with van der Waals surface area (Å²) in [5, 5.41) is 22.4. The van der Waals surface area contributed by atoms with E-state index < -0.39 is 29.3 Å². The molecule has 3 saturated heterocycles. The number of hydrogen-bond donors (Lipinski definition) is 2. The summed E-state index contributed by atoms with van der Waals surface area (Å²) in [6.07, 6.45) is 2.01. The van der Waals surface area contributed by atoms with Gasteiger partial charge in [-0.2, -0.15) is 0 Å². The van der Waals surface area contributed by atoms with Gasteiger partial charge in [0.2, 0.25) is 0 Å². The largest absolute Gasteiger partial charge is 0.392 e. The summed E-state index contributed by atoms with van der Waals surface area (Å²) in [7, 11) is 0. The molecule has 0 aromatic rings. The Balaban J connectivity index is 1.61. The van der Waals surface area contributed by atoms with Crippen molar-refractivity contribution in [3.8, 4) is 0 Å². The molecule has 2 N–H and O–H groups in total. The Morgan fingerprint density at radius 2 is 2.00 bits per heavy atom. The minimum Gasteiger partial charge on any atom is -0.392 e. The molecular weight excluding hydrogens is 320 g/mol. The lowest BCUT2D eigenvalue weighted by Crippen LogP contribution is -2.81. The second-order valence-electron chi connectivity index (χ2n) is 9.73. The van der Waals surface area contributed by atoms with Crippen LogP contribution in [0.15, 0.2) is 12.2 Å². The van der Waals surface area contributed by atoms with Crippen LogP contribution in [0.1, 0.15) is 39.0 Å². The van der Waals surface area contributed by atoms with Crippen LogP contribution in [0.2, 0.25) is 0 Å². The van der Waals surface area contributed by atoms with E-state index in [0.717, 1.165) is 32.1 Å². The van der Waals surface area contributed by atoms with Crippen LogP contribution >= 0.6 is 0 Å². The van der Waals surface area contributed by atoms with Gasteiger partial charge in [0.1, 0.15) is 0 Å². The molecule has 7 bridgehead atoms. The number of aliphatic hydroxyl groups is 2. The third-order valence-electron chi connectivity index (χ3n) is 9.20. The Bertz CT molecular complexity index is 700. The maximum absolute atomic E-state index is 13.3. The van der Waals surface area contributed by atoms with Gasteiger partial charge in [0.15, 0.2) is 12.1 Å². The van der Waals surface area contributed by atoms with Crippen molar-refractivity contribution in [1.29, 1.82) is 0 Å². The van der Waals surface area contributed by atoms with Crippen molar-refractivity contribution in [3.05, 3.63) is 12.2 Å². The van der Waals surface area contributed by atoms with Gasteiger partial charge < -0.3 is 19.7 Å². The van der Waals surface area contributed by atoms with Crippen LogP contribution in [-0.2, 0) is 14.3 Å². The van der Waals surface area contributed by atoms with Gasteiger partial charge in [-0.05, 0) is 54.9 Å². The summed E-state index contributed by atoms with van der Waals surface area (Å²) in [6.45, 7) is 6.95. The molecule has 7 fully saturated rings. The lowest BCUT2D eigenvalue weighted by atomic mass is 9.36. The molecule has 7 rings (SSSR count). The van der Waals surface area contributed by atoms with Crippen molar-refractivity contribution in [3.63, 3.8) is 0 Å². The fraction of sp³-hybridized carbons (Fsp3) is 0.850. The molecule has 0 aromatic heterocycles. The molecule has 2 unspecified atom stereocenters. The van der Waals surface area contributed by atoms with Gasteiger partial charge in [0.05, 0.1) is 35.7 Å². The number of carbonyl (C=O) groups excluding carboxylic acids is 1. The first-order valence-electron chi connectivity index (χ1n) is 9.75. The van der Waals surface area contributed by atoms with Crippen molar-refractivity contribution >= 4 is 5.78 Å². The van der Waals surface area contributed by atoms with Gasteiger partial charge in [-0.3, -0.25) is 4.79 Å². The van der Waals surface area contributed by atoms with Gasteiger partial charge in [0, 0.05) is 5.92 Å². The van der Waals surface area contributed by atoms with Crippen LogP contribution in [0.5, 0.6) is 0 Å². The Morgan fingerprint density at radius 3 is 2.80 bits per heavy atom. The number of carbonyl (C=O) groups is 1. The zero-order valence-electron chi connectivity index (χ0n) is 14.6. The van der Waals surface area contributed by atoms with Crippen LogP contribution in [0.4, 0.5) is 0 Å². The summed E-state index contributed by atoms with van der Waals surface area (Å²) >= 11 is 0. The van der Waals surface area contributed by atoms with E-state index in [1.165, 1.54) is 0 Å². The zero-order valence-corrected chi connectivity index (χ0v) is 14.6. The zero-order chi connectivity index (χ0) is 17.4. The van der Waals surface area contributed by atoms with Gasteiger partial charge in [0.25, 0.3) is 0 Å². The molecule has 136 valence electrons. The average molecular weight is 346 g/mol. The van der Waals surface area contributed by atoms with Crippen molar-refractivity contribution in [2.45, 2.75) is 63.6 Å². The Labute approximate surface area is 147 Å². The third kappa shape index (κ3) is 1.29. The molecule has 10 atom stereocenters. The quantitative estimate of drug-likeness (QED) is 0.649. The maximum Gasteiger partial charge on any atom is 0.170 e. The molecule has 5 nitrogen and oxygen atoms in total. The first-order chi connectivity index (χ1) is 11.9. The summed E-state index contributed by atoms with van der Waals surface area (Å²) in [5.74, 6) is 0.0718. The molecule has 4 saturated carbocycles. The first kappa shape index (κ1) is 15.3. The highest BCUT2D eigenvalue weighted by atomic mass is 16.7. The Hall–Kier alpha value is -0.750. The molecular formula is C20H26O5. The number of Topliss-reactive ketones (excluding diaryl/α,β-unsaturated/α-hetero) is 1.